The first-order chi connectivity index (χ1) is 16.2. The molecule has 1 amide bonds. The van der Waals surface area contributed by atoms with Crippen LogP contribution in [0.1, 0.15) is 41.3 Å². The number of aryl methyl sites for hydroxylation is 1. The van der Waals surface area contributed by atoms with Crippen molar-refractivity contribution in [1.29, 1.82) is 0 Å². The monoisotopic (exact) mass is 477 g/mol. The smallest absolute Gasteiger partial charge is 0.417 e. The van der Waals surface area contributed by atoms with Gasteiger partial charge in [0.1, 0.15) is 23.7 Å². The van der Waals surface area contributed by atoms with Crippen LogP contribution in [0.15, 0.2) is 42.9 Å². The Morgan fingerprint density at radius 2 is 1.91 bits per heavy atom. The summed E-state index contributed by atoms with van der Waals surface area (Å²) in [6.45, 7) is 3.92. The summed E-state index contributed by atoms with van der Waals surface area (Å²) in [5, 5.41) is 8.07. The third kappa shape index (κ3) is 4.73. The van der Waals surface area contributed by atoms with Crippen LogP contribution in [0.4, 0.5) is 17.6 Å². The normalized spacial score (nSPS) is 18.7. The second kappa shape index (κ2) is 9.40. The molecule has 1 aliphatic rings. The number of benzene rings is 1. The molecule has 11 heteroatoms. The van der Waals surface area contributed by atoms with Crippen molar-refractivity contribution in [2.24, 2.45) is 5.92 Å². The van der Waals surface area contributed by atoms with Crippen LogP contribution in [-0.2, 0) is 6.18 Å². The largest absolute Gasteiger partial charge is 0.475 e. The van der Waals surface area contributed by atoms with Gasteiger partial charge in [-0.2, -0.15) is 28.2 Å². The van der Waals surface area contributed by atoms with E-state index in [2.05, 4.69) is 15.2 Å². The Bertz CT molecular complexity index is 1150. The van der Waals surface area contributed by atoms with Crippen LogP contribution in [0.2, 0.25) is 0 Å². The summed E-state index contributed by atoms with van der Waals surface area (Å²) in [4.78, 5) is 20.1. The molecule has 0 bridgehead atoms. The minimum absolute atomic E-state index is 0.00800. The lowest BCUT2D eigenvalue weighted by Crippen LogP contribution is -2.51. The van der Waals surface area contributed by atoms with E-state index in [1.54, 1.807) is 24.0 Å². The third-order valence-electron chi connectivity index (χ3n) is 6.00. The lowest BCUT2D eigenvalue weighted by atomic mass is 9.90. The summed E-state index contributed by atoms with van der Waals surface area (Å²) in [6, 6.07) is 4.76. The van der Waals surface area contributed by atoms with Gasteiger partial charge in [0, 0.05) is 18.8 Å². The van der Waals surface area contributed by atoms with Crippen LogP contribution in [0.3, 0.4) is 0 Å². The van der Waals surface area contributed by atoms with Crippen LogP contribution in [0.25, 0.3) is 5.69 Å². The van der Waals surface area contributed by atoms with Gasteiger partial charge in [0.15, 0.2) is 0 Å². The van der Waals surface area contributed by atoms with Crippen molar-refractivity contribution < 1.29 is 27.1 Å². The molecule has 0 radical (unpaired) electrons. The van der Waals surface area contributed by atoms with Crippen LogP contribution in [0, 0.1) is 18.7 Å². The predicted molar refractivity (Wildman–Crippen MR) is 114 cm³/mol. The van der Waals surface area contributed by atoms with E-state index in [-0.39, 0.29) is 29.7 Å². The molecule has 0 aliphatic carbocycles. The SMILES string of the molecule is Cc1ccc(-n2nccn2)c(C(=O)N2CCC[C@@H](C)[C@H]2COc2ccc(C(F)(F)F)cn2)c1F. The van der Waals surface area contributed by atoms with E-state index in [4.69, 9.17) is 4.74 Å². The molecule has 180 valence electrons. The number of amides is 1. The molecule has 1 fully saturated rings. The van der Waals surface area contributed by atoms with Gasteiger partial charge in [-0.15, -0.1) is 0 Å². The Labute approximate surface area is 193 Å². The van der Waals surface area contributed by atoms with E-state index in [9.17, 15) is 18.0 Å². The second-order valence-electron chi connectivity index (χ2n) is 8.29. The number of piperidine rings is 1. The molecule has 4 rings (SSSR count). The molecular weight excluding hydrogens is 454 g/mol. The number of pyridine rings is 1. The van der Waals surface area contributed by atoms with E-state index in [0.717, 1.165) is 25.0 Å². The molecule has 0 unspecified atom stereocenters. The highest BCUT2D eigenvalue weighted by Gasteiger charge is 2.36. The Kier molecular flexibility index (Phi) is 6.54. The first-order valence-corrected chi connectivity index (χ1v) is 10.8. The van der Waals surface area contributed by atoms with Gasteiger partial charge in [-0.1, -0.05) is 13.0 Å². The Balaban J connectivity index is 1.59. The molecule has 0 N–H and O–H groups in total. The number of ether oxygens (including phenoxy) is 1. The van der Waals surface area contributed by atoms with Gasteiger partial charge in [0.2, 0.25) is 5.88 Å². The summed E-state index contributed by atoms with van der Waals surface area (Å²) in [6.07, 6.45) is 0.623. The summed E-state index contributed by atoms with van der Waals surface area (Å²) in [5.74, 6) is -1.14. The second-order valence-corrected chi connectivity index (χ2v) is 8.29. The highest BCUT2D eigenvalue weighted by atomic mass is 19.4. The van der Waals surface area contributed by atoms with Crippen molar-refractivity contribution in [2.75, 3.05) is 13.2 Å². The minimum Gasteiger partial charge on any atom is -0.475 e. The zero-order chi connectivity index (χ0) is 24.5. The highest BCUT2D eigenvalue weighted by molar-refractivity contribution is 5.98. The number of likely N-dealkylation sites (tertiary alicyclic amines) is 1. The number of hydrogen-bond donors (Lipinski definition) is 0. The van der Waals surface area contributed by atoms with Crippen molar-refractivity contribution in [2.45, 2.75) is 38.9 Å². The molecule has 1 aromatic carbocycles. The van der Waals surface area contributed by atoms with E-state index in [1.807, 2.05) is 6.92 Å². The fourth-order valence-electron chi connectivity index (χ4n) is 4.08. The van der Waals surface area contributed by atoms with Gasteiger partial charge in [-0.3, -0.25) is 4.79 Å². The fourth-order valence-corrected chi connectivity index (χ4v) is 4.08. The average molecular weight is 477 g/mol. The number of halogens is 4. The molecule has 0 spiro atoms. The van der Waals surface area contributed by atoms with Gasteiger partial charge in [-0.05, 0) is 43.4 Å². The standard InChI is InChI=1S/C23H23F4N5O2/c1-14-4-3-11-31(18(14)13-34-19-8-6-16(12-28-19)23(25,26)27)22(33)20-17(32-29-9-10-30-32)7-5-15(2)21(20)24/h5-10,12,14,18H,3-4,11,13H2,1-2H3/t14-,18-/m1/s1. The van der Waals surface area contributed by atoms with E-state index < -0.39 is 29.5 Å². The molecule has 7 nitrogen and oxygen atoms in total. The van der Waals surface area contributed by atoms with Gasteiger partial charge in [0.05, 0.1) is 24.0 Å². The van der Waals surface area contributed by atoms with Gasteiger partial charge in [0.25, 0.3) is 5.91 Å². The molecule has 3 aromatic rings. The predicted octanol–water partition coefficient (Wildman–Crippen LogP) is 4.45. The highest BCUT2D eigenvalue weighted by Crippen LogP contribution is 2.31. The van der Waals surface area contributed by atoms with E-state index in [1.165, 1.54) is 17.2 Å². The van der Waals surface area contributed by atoms with E-state index in [0.29, 0.717) is 18.3 Å². The van der Waals surface area contributed by atoms with Crippen molar-refractivity contribution in [3.05, 3.63) is 65.4 Å². The summed E-state index contributed by atoms with van der Waals surface area (Å²) in [5.41, 5.74) is -0.480. The number of alkyl halides is 3. The summed E-state index contributed by atoms with van der Waals surface area (Å²) in [7, 11) is 0. The molecule has 2 atom stereocenters. The Hall–Kier alpha value is -3.50. The summed E-state index contributed by atoms with van der Waals surface area (Å²) < 4.78 is 59.2. The van der Waals surface area contributed by atoms with Gasteiger partial charge >= 0.3 is 6.18 Å². The topological polar surface area (TPSA) is 73.1 Å². The quantitative estimate of drug-likeness (QED) is 0.508. The molecular formula is C23H23F4N5O2. The van der Waals surface area contributed by atoms with E-state index >= 15 is 4.39 Å². The number of rotatable bonds is 5. The number of carbonyl (C=O) groups is 1. The Morgan fingerprint density at radius 3 is 2.56 bits per heavy atom. The van der Waals surface area contributed by atoms with Crippen molar-refractivity contribution in [1.82, 2.24) is 24.9 Å². The number of aromatic nitrogens is 4. The molecule has 2 aromatic heterocycles. The van der Waals surface area contributed by atoms with Gasteiger partial charge in [-0.25, -0.2) is 9.37 Å². The zero-order valence-corrected chi connectivity index (χ0v) is 18.6. The maximum atomic E-state index is 15.2. The molecule has 0 saturated carbocycles. The van der Waals surface area contributed by atoms with Crippen LogP contribution in [-0.4, -0.2) is 50.0 Å². The maximum absolute atomic E-state index is 15.2. The van der Waals surface area contributed by atoms with Crippen LogP contribution < -0.4 is 4.74 Å². The molecule has 1 saturated heterocycles. The van der Waals surface area contributed by atoms with Crippen molar-refractivity contribution in [3.8, 4) is 11.6 Å². The minimum atomic E-state index is -4.49. The lowest BCUT2D eigenvalue weighted by molar-refractivity contribution is -0.137. The number of carbonyl (C=O) groups excluding carboxylic acids is 1. The number of hydrogen-bond acceptors (Lipinski definition) is 5. The van der Waals surface area contributed by atoms with Crippen LogP contribution >= 0.6 is 0 Å². The first-order valence-electron chi connectivity index (χ1n) is 10.8. The Morgan fingerprint density at radius 1 is 1.18 bits per heavy atom. The first kappa shape index (κ1) is 23.7. The zero-order valence-electron chi connectivity index (χ0n) is 18.6. The van der Waals surface area contributed by atoms with Crippen molar-refractivity contribution >= 4 is 5.91 Å². The number of nitrogens with zero attached hydrogens (tertiary/aromatic N) is 5. The van der Waals surface area contributed by atoms with Crippen LogP contribution in [0.5, 0.6) is 5.88 Å². The maximum Gasteiger partial charge on any atom is 0.417 e. The molecule has 3 heterocycles. The third-order valence-corrected chi connectivity index (χ3v) is 6.00. The summed E-state index contributed by atoms with van der Waals surface area (Å²) >= 11 is 0. The van der Waals surface area contributed by atoms with Crippen molar-refractivity contribution in [3.63, 3.8) is 0 Å². The van der Waals surface area contributed by atoms with Gasteiger partial charge < -0.3 is 9.64 Å². The molecule has 1 aliphatic heterocycles. The average Bonchev–Trinajstić information content (AvgIpc) is 3.34. The lowest BCUT2D eigenvalue weighted by Gasteiger charge is -2.40. The fraction of sp³-hybridized carbons (Fsp3) is 0.391. The molecule has 34 heavy (non-hydrogen) atoms.